The summed E-state index contributed by atoms with van der Waals surface area (Å²) >= 11 is 6.30. The molecule has 0 saturated carbocycles. The molecule has 0 radical (unpaired) electrons. The van der Waals surface area contributed by atoms with Crippen LogP contribution in [0.15, 0.2) is 54.9 Å². The molecule has 114 valence electrons. The van der Waals surface area contributed by atoms with Crippen molar-refractivity contribution in [3.05, 3.63) is 65.5 Å². The molecule has 5 heteroatoms. The number of nitrogens with zero attached hydrogens (tertiary/aromatic N) is 2. The van der Waals surface area contributed by atoms with Gasteiger partial charge in [-0.3, -0.25) is 4.98 Å². The normalized spacial score (nSPS) is 11.0. The third-order valence-corrected chi connectivity index (χ3v) is 3.69. The molecule has 0 saturated heterocycles. The third kappa shape index (κ3) is 3.38. The average molecular weight is 325 g/mol. The lowest BCUT2D eigenvalue weighted by atomic mass is 10.1. The molecule has 0 unspecified atom stereocenters. The molecule has 0 atom stereocenters. The summed E-state index contributed by atoms with van der Waals surface area (Å²) in [7, 11) is 1.35. The van der Waals surface area contributed by atoms with E-state index in [-0.39, 0.29) is 5.97 Å². The standard InChI is InChI=1S/C18H13ClN2O2/c1-23-18(22)7-4-12-2-5-13(6-3-12)17-10-15(19)14-11-20-9-8-16(14)21-17/h2-11H,1H3. The number of fused-ring (bicyclic) bond motifs is 1. The van der Waals surface area contributed by atoms with Gasteiger partial charge in [0.1, 0.15) is 0 Å². The molecule has 0 bridgehead atoms. The summed E-state index contributed by atoms with van der Waals surface area (Å²) in [5.41, 5.74) is 3.44. The lowest BCUT2D eigenvalue weighted by molar-refractivity contribution is -0.134. The highest BCUT2D eigenvalue weighted by molar-refractivity contribution is 6.35. The number of carbonyl (C=O) groups is 1. The van der Waals surface area contributed by atoms with Crippen LogP contribution in [0, 0.1) is 0 Å². The Bertz CT molecular complexity index is 889. The number of ether oxygens (including phenoxy) is 1. The number of hydrogen-bond acceptors (Lipinski definition) is 4. The Morgan fingerprint density at radius 1 is 1.22 bits per heavy atom. The van der Waals surface area contributed by atoms with Crippen molar-refractivity contribution in [2.45, 2.75) is 0 Å². The molecule has 0 amide bonds. The first-order valence-electron chi connectivity index (χ1n) is 6.94. The van der Waals surface area contributed by atoms with Gasteiger partial charge in [-0.15, -0.1) is 0 Å². The number of rotatable bonds is 3. The van der Waals surface area contributed by atoms with E-state index in [1.54, 1.807) is 18.5 Å². The minimum atomic E-state index is -0.384. The average Bonchev–Trinajstić information content (AvgIpc) is 2.60. The maximum Gasteiger partial charge on any atom is 0.330 e. The topological polar surface area (TPSA) is 52.1 Å². The summed E-state index contributed by atoms with van der Waals surface area (Å²) in [5, 5.41) is 1.45. The number of methoxy groups -OCH3 is 1. The Balaban J connectivity index is 1.93. The predicted octanol–water partition coefficient (Wildman–Crippen LogP) is 4.14. The number of carbonyl (C=O) groups excluding carboxylic acids is 1. The van der Waals surface area contributed by atoms with Crippen LogP contribution in [0.4, 0.5) is 0 Å². The van der Waals surface area contributed by atoms with Gasteiger partial charge in [0.2, 0.25) is 0 Å². The van der Waals surface area contributed by atoms with Crippen LogP contribution in [-0.2, 0) is 9.53 Å². The Morgan fingerprint density at radius 3 is 2.74 bits per heavy atom. The van der Waals surface area contributed by atoms with Crippen LogP contribution in [0.5, 0.6) is 0 Å². The second-order valence-electron chi connectivity index (χ2n) is 4.86. The monoisotopic (exact) mass is 324 g/mol. The van der Waals surface area contributed by atoms with Crippen molar-refractivity contribution >= 4 is 34.5 Å². The van der Waals surface area contributed by atoms with Crippen LogP contribution < -0.4 is 0 Å². The van der Waals surface area contributed by atoms with Gasteiger partial charge >= 0.3 is 5.97 Å². The van der Waals surface area contributed by atoms with Crippen LogP contribution in [-0.4, -0.2) is 23.0 Å². The fourth-order valence-electron chi connectivity index (χ4n) is 2.17. The number of esters is 1. The molecule has 0 N–H and O–H groups in total. The molecule has 4 nitrogen and oxygen atoms in total. The van der Waals surface area contributed by atoms with E-state index in [4.69, 9.17) is 11.6 Å². The highest BCUT2D eigenvalue weighted by atomic mass is 35.5. The summed E-state index contributed by atoms with van der Waals surface area (Å²) in [5.74, 6) is -0.384. The van der Waals surface area contributed by atoms with E-state index in [9.17, 15) is 4.79 Å². The Hall–Kier alpha value is -2.72. The highest BCUT2D eigenvalue weighted by Gasteiger charge is 2.06. The number of aromatic nitrogens is 2. The van der Waals surface area contributed by atoms with E-state index < -0.39 is 0 Å². The SMILES string of the molecule is COC(=O)C=Cc1ccc(-c2cc(Cl)c3cnccc3n2)cc1. The first-order valence-corrected chi connectivity index (χ1v) is 7.32. The molecule has 2 aromatic heterocycles. The zero-order valence-corrected chi connectivity index (χ0v) is 13.1. The van der Waals surface area contributed by atoms with Crippen LogP contribution in [0.1, 0.15) is 5.56 Å². The van der Waals surface area contributed by atoms with Crippen molar-refractivity contribution in [1.29, 1.82) is 0 Å². The maximum atomic E-state index is 11.1. The Kier molecular flexibility index (Phi) is 4.35. The maximum absolute atomic E-state index is 11.1. The summed E-state index contributed by atoms with van der Waals surface area (Å²) < 4.78 is 4.56. The molecule has 2 heterocycles. The molecule has 0 fully saturated rings. The molecule has 0 aliphatic carbocycles. The number of hydrogen-bond donors (Lipinski definition) is 0. The lowest BCUT2D eigenvalue weighted by Gasteiger charge is -2.05. The lowest BCUT2D eigenvalue weighted by Crippen LogP contribution is -1.93. The molecule has 0 aliphatic heterocycles. The van der Waals surface area contributed by atoms with Gasteiger partial charge in [-0.25, -0.2) is 9.78 Å². The van der Waals surface area contributed by atoms with E-state index in [1.165, 1.54) is 13.2 Å². The van der Waals surface area contributed by atoms with Crippen molar-refractivity contribution in [2.75, 3.05) is 7.11 Å². The van der Waals surface area contributed by atoms with Crippen molar-refractivity contribution in [3.63, 3.8) is 0 Å². The molecule has 0 aliphatic rings. The number of halogens is 1. The first-order chi connectivity index (χ1) is 11.2. The fraction of sp³-hybridized carbons (Fsp3) is 0.0556. The second kappa shape index (κ2) is 6.58. The molecule has 1 aromatic carbocycles. The molecule has 23 heavy (non-hydrogen) atoms. The van der Waals surface area contributed by atoms with Crippen LogP contribution >= 0.6 is 11.6 Å². The van der Waals surface area contributed by atoms with E-state index in [0.29, 0.717) is 5.02 Å². The van der Waals surface area contributed by atoms with Gasteiger partial charge in [0.15, 0.2) is 0 Å². The Morgan fingerprint density at radius 2 is 2.00 bits per heavy atom. The predicted molar refractivity (Wildman–Crippen MR) is 91.0 cm³/mol. The van der Waals surface area contributed by atoms with Gasteiger partial charge in [-0.05, 0) is 23.8 Å². The van der Waals surface area contributed by atoms with Gasteiger partial charge in [0, 0.05) is 29.4 Å². The number of pyridine rings is 2. The highest BCUT2D eigenvalue weighted by Crippen LogP contribution is 2.27. The largest absolute Gasteiger partial charge is 0.466 e. The second-order valence-corrected chi connectivity index (χ2v) is 5.27. The van der Waals surface area contributed by atoms with Crippen molar-refractivity contribution < 1.29 is 9.53 Å². The van der Waals surface area contributed by atoms with Gasteiger partial charge in [-0.1, -0.05) is 35.9 Å². The van der Waals surface area contributed by atoms with Gasteiger partial charge < -0.3 is 4.74 Å². The molecular formula is C18H13ClN2O2. The van der Waals surface area contributed by atoms with Crippen molar-refractivity contribution in [2.24, 2.45) is 0 Å². The zero-order valence-electron chi connectivity index (χ0n) is 12.4. The molecule has 3 rings (SSSR count). The van der Waals surface area contributed by atoms with E-state index in [0.717, 1.165) is 27.7 Å². The van der Waals surface area contributed by atoms with E-state index >= 15 is 0 Å². The van der Waals surface area contributed by atoms with Gasteiger partial charge in [0.05, 0.1) is 23.3 Å². The zero-order chi connectivity index (χ0) is 16.2. The van der Waals surface area contributed by atoms with Crippen molar-refractivity contribution in [3.8, 4) is 11.3 Å². The van der Waals surface area contributed by atoms with E-state index in [2.05, 4.69) is 14.7 Å². The smallest absolute Gasteiger partial charge is 0.330 e. The fourth-order valence-corrected chi connectivity index (χ4v) is 2.42. The van der Waals surface area contributed by atoms with Crippen LogP contribution in [0.3, 0.4) is 0 Å². The quantitative estimate of drug-likeness (QED) is 0.537. The minimum Gasteiger partial charge on any atom is -0.466 e. The summed E-state index contributed by atoms with van der Waals surface area (Å²) in [6, 6.07) is 11.3. The molecule has 0 spiro atoms. The summed E-state index contributed by atoms with van der Waals surface area (Å²) in [4.78, 5) is 19.8. The Labute approximate surface area is 138 Å². The van der Waals surface area contributed by atoms with Crippen LogP contribution in [0.2, 0.25) is 5.02 Å². The van der Waals surface area contributed by atoms with E-state index in [1.807, 2.05) is 36.4 Å². The first kappa shape index (κ1) is 15.2. The third-order valence-electron chi connectivity index (χ3n) is 3.38. The van der Waals surface area contributed by atoms with Gasteiger partial charge in [0.25, 0.3) is 0 Å². The van der Waals surface area contributed by atoms with Crippen LogP contribution in [0.25, 0.3) is 28.2 Å². The molecule has 3 aromatic rings. The van der Waals surface area contributed by atoms with Gasteiger partial charge in [-0.2, -0.15) is 0 Å². The van der Waals surface area contributed by atoms with Crippen molar-refractivity contribution in [1.82, 2.24) is 9.97 Å². The summed E-state index contributed by atoms with van der Waals surface area (Å²) in [6.45, 7) is 0. The molecular weight excluding hydrogens is 312 g/mol. The minimum absolute atomic E-state index is 0.384. The number of benzene rings is 1. The summed E-state index contributed by atoms with van der Waals surface area (Å²) in [6.07, 6.45) is 6.47.